The van der Waals surface area contributed by atoms with Crippen LogP contribution in [0.5, 0.6) is 0 Å². The van der Waals surface area contributed by atoms with Gasteiger partial charge >= 0.3 is 0 Å². The maximum Gasteiger partial charge on any atom is 0.213 e. The second kappa shape index (κ2) is 6.39. The molecule has 0 amide bonds. The number of nitrogens with zero attached hydrogens (tertiary/aromatic N) is 1. The third kappa shape index (κ3) is 2.84. The first kappa shape index (κ1) is 16.7. The minimum Gasteiger partial charge on any atom is -0.194 e. The average Bonchev–Trinajstić information content (AvgIpc) is 2.55. The predicted octanol–water partition coefficient (Wildman–Crippen LogP) is 5.89. The van der Waals surface area contributed by atoms with E-state index in [1.54, 1.807) is 0 Å². The summed E-state index contributed by atoms with van der Waals surface area (Å²) in [5.41, 5.74) is 8.06. The number of benzene rings is 2. The number of hydrogen-bond acceptors (Lipinski definition) is 0. The van der Waals surface area contributed by atoms with Crippen LogP contribution in [0.1, 0.15) is 56.2 Å². The minimum atomic E-state index is 0.533. The molecule has 0 aliphatic rings. The summed E-state index contributed by atoms with van der Waals surface area (Å²) in [5.74, 6) is 1.08. The molecule has 124 valence electrons. The van der Waals surface area contributed by atoms with Crippen LogP contribution in [0.4, 0.5) is 0 Å². The fourth-order valence-corrected chi connectivity index (χ4v) is 3.50. The molecule has 1 heterocycles. The predicted molar refractivity (Wildman–Crippen MR) is 103 cm³/mol. The van der Waals surface area contributed by atoms with E-state index >= 15 is 0 Å². The van der Waals surface area contributed by atoms with Crippen LogP contribution >= 0.6 is 0 Å². The molecule has 0 saturated carbocycles. The Bertz CT molecular complexity index is 888. The first-order chi connectivity index (χ1) is 11.4. The molecular weight excluding hydrogens is 290 g/mol. The van der Waals surface area contributed by atoms with E-state index in [2.05, 4.69) is 94.8 Å². The summed E-state index contributed by atoms with van der Waals surface area (Å²) >= 11 is 0. The van der Waals surface area contributed by atoms with Crippen LogP contribution in [0.3, 0.4) is 0 Å². The summed E-state index contributed by atoms with van der Waals surface area (Å²) in [5, 5.41) is 1.36. The second-order valence-corrected chi connectivity index (χ2v) is 7.44. The van der Waals surface area contributed by atoms with E-state index < -0.39 is 0 Å². The highest BCUT2D eigenvalue weighted by atomic mass is 14.9. The first-order valence-corrected chi connectivity index (χ1v) is 8.92. The van der Waals surface area contributed by atoms with E-state index in [1.807, 2.05) is 0 Å². The normalized spacial score (nSPS) is 11.7. The van der Waals surface area contributed by atoms with E-state index in [0.717, 1.165) is 0 Å². The fraction of sp³-hybridized carbons (Fsp3) is 0.348. The summed E-state index contributed by atoms with van der Waals surface area (Å²) in [6.07, 6.45) is 0. The van der Waals surface area contributed by atoms with Gasteiger partial charge in [-0.2, -0.15) is 4.57 Å². The molecule has 1 nitrogen and oxygen atoms in total. The molecule has 0 atom stereocenters. The molecule has 0 aliphatic carbocycles. The van der Waals surface area contributed by atoms with Crippen LogP contribution < -0.4 is 4.57 Å². The van der Waals surface area contributed by atoms with Gasteiger partial charge in [-0.1, -0.05) is 52.0 Å². The van der Waals surface area contributed by atoms with Crippen LogP contribution in [0.15, 0.2) is 48.5 Å². The van der Waals surface area contributed by atoms with Crippen LogP contribution in [0, 0.1) is 6.92 Å². The standard InChI is InChI=1S/C23H28N/c1-15(2)18-11-10-17(5)21(14-18)23-13-12-20-19(16(3)4)8-7-9-22(20)24(23)6/h7-16H,1-6H3/q+1. The largest absolute Gasteiger partial charge is 0.213 e. The third-order valence-corrected chi connectivity index (χ3v) is 5.07. The molecule has 1 heteroatoms. The van der Waals surface area contributed by atoms with Gasteiger partial charge in [-0.3, -0.25) is 0 Å². The number of rotatable bonds is 3. The van der Waals surface area contributed by atoms with Gasteiger partial charge in [0, 0.05) is 23.1 Å². The molecule has 2 aromatic carbocycles. The monoisotopic (exact) mass is 318 g/mol. The Balaban J connectivity index is 2.26. The molecule has 3 rings (SSSR count). The van der Waals surface area contributed by atoms with Crippen LogP contribution in [-0.4, -0.2) is 0 Å². The Morgan fingerprint density at radius 1 is 0.833 bits per heavy atom. The topological polar surface area (TPSA) is 3.88 Å². The zero-order chi connectivity index (χ0) is 17.4. The van der Waals surface area contributed by atoms with Gasteiger partial charge < -0.3 is 0 Å². The maximum atomic E-state index is 2.35. The summed E-state index contributed by atoms with van der Waals surface area (Å²) in [6, 6.07) is 18.1. The lowest BCUT2D eigenvalue weighted by Gasteiger charge is -2.13. The van der Waals surface area contributed by atoms with Crippen molar-refractivity contribution in [3.05, 3.63) is 65.2 Å². The van der Waals surface area contributed by atoms with Crippen molar-refractivity contribution in [2.45, 2.75) is 46.5 Å². The molecule has 0 unspecified atom stereocenters. The molecule has 0 radical (unpaired) electrons. The molecule has 1 aromatic heterocycles. The van der Waals surface area contributed by atoms with Crippen molar-refractivity contribution >= 4 is 10.9 Å². The SMILES string of the molecule is Cc1ccc(C(C)C)cc1-c1ccc2c(C(C)C)cccc2[n+]1C. The molecular formula is C23H28N+. The lowest BCUT2D eigenvalue weighted by molar-refractivity contribution is -0.633. The zero-order valence-corrected chi connectivity index (χ0v) is 15.7. The van der Waals surface area contributed by atoms with Crippen LogP contribution in [0.2, 0.25) is 0 Å². The average molecular weight is 318 g/mol. The first-order valence-electron chi connectivity index (χ1n) is 8.92. The molecule has 0 N–H and O–H groups in total. The highest BCUT2D eigenvalue weighted by molar-refractivity contribution is 5.82. The van der Waals surface area contributed by atoms with E-state index in [0.29, 0.717) is 11.8 Å². The Morgan fingerprint density at radius 3 is 2.25 bits per heavy atom. The highest BCUT2D eigenvalue weighted by Crippen LogP contribution is 2.29. The van der Waals surface area contributed by atoms with Gasteiger partial charge in [-0.25, -0.2) is 0 Å². The summed E-state index contributed by atoms with van der Waals surface area (Å²) < 4.78 is 2.34. The number of pyridine rings is 1. The molecule has 0 aliphatic heterocycles. The van der Waals surface area contributed by atoms with E-state index in [9.17, 15) is 0 Å². The van der Waals surface area contributed by atoms with E-state index in [4.69, 9.17) is 0 Å². The van der Waals surface area contributed by atoms with Crippen LogP contribution in [-0.2, 0) is 7.05 Å². The Hall–Kier alpha value is -2.15. The Labute approximate surface area is 146 Å². The van der Waals surface area contributed by atoms with Gasteiger partial charge in [-0.15, -0.1) is 0 Å². The smallest absolute Gasteiger partial charge is 0.194 e. The van der Waals surface area contributed by atoms with Crippen molar-refractivity contribution in [2.75, 3.05) is 0 Å². The zero-order valence-electron chi connectivity index (χ0n) is 15.7. The summed E-state index contributed by atoms with van der Waals surface area (Å²) in [4.78, 5) is 0. The molecule has 24 heavy (non-hydrogen) atoms. The second-order valence-electron chi connectivity index (χ2n) is 7.44. The van der Waals surface area contributed by atoms with Crippen molar-refractivity contribution in [3.63, 3.8) is 0 Å². The van der Waals surface area contributed by atoms with Gasteiger partial charge in [0.15, 0.2) is 0 Å². The van der Waals surface area contributed by atoms with Gasteiger partial charge in [-0.05, 0) is 47.6 Å². The Kier molecular flexibility index (Phi) is 4.45. The van der Waals surface area contributed by atoms with Crippen molar-refractivity contribution in [1.29, 1.82) is 0 Å². The highest BCUT2D eigenvalue weighted by Gasteiger charge is 2.18. The van der Waals surface area contributed by atoms with Crippen LogP contribution in [0.25, 0.3) is 22.2 Å². The fourth-order valence-electron chi connectivity index (χ4n) is 3.50. The number of fused-ring (bicyclic) bond motifs is 1. The van der Waals surface area contributed by atoms with Crippen molar-refractivity contribution in [2.24, 2.45) is 7.05 Å². The van der Waals surface area contributed by atoms with Crippen molar-refractivity contribution in [1.82, 2.24) is 0 Å². The van der Waals surface area contributed by atoms with Gasteiger partial charge in [0.05, 0.1) is 0 Å². The lowest BCUT2D eigenvalue weighted by atomic mass is 9.94. The third-order valence-electron chi connectivity index (χ3n) is 5.07. The number of hydrogen-bond donors (Lipinski definition) is 0. The van der Waals surface area contributed by atoms with Gasteiger partial charge in [0.2, 0.25) is 11.2 Å². The van der Waals surface area contributed by atoms with Crippen molar-refractivity contribution < 1.29 is 4.57 Å². The molecule has 0 bridgehead atoms. The van der Waals surface area contributed by atoms with Gasteiger partial charge in [0.1, 0.15) is 7.05 Å². The number of aryl methyl sites for hydroxylation is 2. The quantitative estimate of drug-likeness (QED) is 0.530. The minimum absolute atomic E-state index is 0.533. The van der Waals surface area contributed by atoms with E-state index in [-0.39, 0.29) is 0 Å². The molecule has 0 spiro atoms. The maximum absolute atomic E-state index is 2.35. The van der Waals surface area contributed by atoms with E-state index in [1.165, 1.54) is 38.9 Å². The number of aromatic nitrogens is 1. The summed E-state index contributed by atoms with van der Waals surface area (Å²) in [7, 11) is 2.18. The molecule has 3 aromatic rings. The van der Waals surface area contributed by atoms with Crippen molar-refractivity contribution in [3.8, 4) is 11.3 Å². The molecule has 0 saturated heterocycles. The Morgan fingerprint density at radius 2 is 1.58 bits per heavy atom. The molecule has 0 fully saturated rings. The van der Waals surface area contributed by atoms with Gasteiger partial charge in [0.25, 0.3) is 0 Å². The summed E-state index contributed by atoms with van der Waals surface area (Å²) in [6.45, 7) is 11.2. The lowest BCUT2D eigenvalue weighted by Crippen LogP contribution is -2.32.